The van der Waals surface area contributed by atoms with Crippen LogP contribution in [0.2, 0.25) is 0 Å². The number of hydrogen-bond donors (Lipinski definition) is 2. The van der Waals surface area contributed by atoms with Crippen LogP contribution in [-0.4, -0.2) is 16.1 Å². The van der Waals surface area contributed by atoms with Gasteiger partial charge in [0.05, 0.1) is 11.9 Å². The molecule has 0 bridgehead atoms. The average molecular weight is 295 g/mol. The highest BCUT2D eigenvalue weighted by Crippen LogP contribution is 2.28. The zero-order valence-electron chi connectivity index (χ0n) is 8.93. The lowest BCUT2D eigenvalue weighted by molar-refractivity contribution is -0.137. The fourth-order valence-corrected chi connectivity index (χ4v) is 2.21. The van der Waals surface area contributed by atoms with Crippen molar-refractivity contribution < 1.29 is 9.90 Å². The summed E-state index contributed by atoms with van der Waals surface area (Å²) in [4.78, 5) is 14.9. The summed E-state index contributed by atoms with van der Waals surface area (Å²) >= 11 is 3.43. The Kier molecular flexibility index (Phi) is 3.40. The zero-order valence-corrected chi connectivity index (χ0v) is 10.5. The molecule has 2 aromatic rings. The zero-order chi connectivity index (χ0) is 12.4. The number of carboxylic acids is 1. The maximum atomic E-state index is 10.7. The molecule has 3 N–H and O–H groups in total. The fourth-order valence-electron chi connectivity index (χ4n) is 1.76. The Labute approximate surface area is 107 Å². The van der Waals surface area contributed by atoms with Gasteiger partial charge in [0, 0.05) is 22.1 Å². The first-order chi connectivity index (χ1) is 8.09. The molecule has 0 aliphatic rings. The first-order valence-electron chi connectivity index (χ1n) is 5.10. The number of carbonyl (C=O) groups is 1. The van der Waals surface area contributed by atoms with Crippen LogP contribution in [0.4, 0.5) is 0 Å². The molecule has 1 unspecified atom stereocenters. The topological polar surface area (TPSA) is 76.2 Å². The average Bonchev–Trinajstić information content (AvgIpc) is 2.29. The Morgan fingerprint density at radius 3 is 2.94 bits per heavy atom. The highest BCUT2D eigenvalue weighted by Gasteiger charge is 2.15. The van der Waals surface area contributed by atoms with E-state index in [1.807, 2.05) is 24.3 Å². The van der Waals surface area contributed by atoms with Crippen LogP contribution >= 0.6 is 15.9 Å². The number of hydrogen-bond acceptors (Lipinski definition) is 3. The highest BCUT2D eigenvalue weighted by atomic mass is 79.9. The molecule has 88 valence electrons. The van der Waals surface area contributed by atoms with Crippen molar-refractivity contribution in [3.8, 4) is 0 Å². The van der Waals surface area contributed by atoms with Crippen LogP contribution in [0, 0.1) is 0 Å². The summed E-state index contributed by atoms with van der Waals surface area (Å²) in [5, 5.41) is 9.70. The third-order valence-corrected chi connectivity index (χ3v) is 3.23. The summed E-state index contributed by atoms with van der Waals surface area (Å²) in [7, 11) is 0. The van der Waals surface area contributed by atoms with Crippen molar-refractivity contribution in [2.75, 3.05) is 0 Å². The van der Waals surface area contributed by atoms with Gasteiger partial charge in [-0.15, -0.1) is 0 Å². The predicted molar refractivity (Wildman–Crippen MR) is 68.6 cm³/mol. The number of nitrogens with zero attached hydrogens (tertiary/aromatic N) is 1. The van der Waals surface area contributed by atoms with E-state index in [9.17, 15) is 4.79 Å². The van der Waals surface area contributed by atoms with Gasteiger partial charge in [-0.1, -0.05) is 28.1 Å². The van der Waals surface area contributed by atoms with Crippen molar-refractivity contribution in [1.82, 2.24) is 4.98 Å². The van der Waals surface area contributed by atoms with Crippen LogP contribution in [0.25, 0.3) is 10.9 Å². The molecule has 0 spiro atoms. The Bertz CT molecular complexity index is 571. The minimum Gasteiger partial charge on any atom is -0.481 e. The molecule has 0 saturated carbocycles. The summed E-state index contributed by atoms with van der Waals surface area (Å²) in [6.45, 7) is 0. The smallest absolute Gasteiger partial charge is 0.305 e. The Morgan fingerprint density at radius 1 is 1.47 bits per heavy atom. The van der Waals surface area contributed by atoms with Crippen molar-refractivity contribution in [2.24, 2.45) is 5.73 Å². The molecule has 1 aromatic carbocycles. The number of nitrogens with two attached hydrogens (primary N) is 1. The third-order valence-electron chi connectivity index (χ3n) is 2.54. The van der Waals surface area contributed by atoms with E-state index in [4.69, 9.17) is 10.8 Å². The van der Waals surface area contributed by atoms with E-state index in [2.05, 4.69) is 20.9 Å². The van der Waals surface area contributed by atoms with E-state index >= 15 is 0 Å². The summed E-state index contributed by atoms with van der Waals surface area (Å²) < 4.78 is 0.923. The molecule has 2 rings (SSSR count). The van der Waals surface area contributed by atoms with Crippen LogP contribution in [-0.2, 0) is 4.79 Å². The number of pyridine rings is 1. The Hall–Kier alpha value is -1.46. The van der Waals surface area contributed by atoms with Gasteiger partial charge in [0.2, 0.25) is 0 Å². The standard InChI is InChI=1S/C12H11BrN2O2/c13-9-4-3-8(10(14)6-11(16)17)12-7(9)2-1-5-15-12/h1-5,10H,6,14H2,(H,16,17). The monoisotopic (exact) mass is 294 g/mol. The first-order valence-corrected chi connectivity index (χ1v) is 5.89. The number of halogens is 1. The van der Waals surface area contributed by atoms with Crippen molar-refractivity contribution in [3.63, 3.8) is 0 Å². The van der Waals surface area contributed by atoms with Crippen molar-refractivity contribution in [1.29, 1.82) is 0 Å². The second kappa shape index (κ2) is 4.81. The number of aliphatic carboxylic acids is 1. The Balaban J connectivity index is 2.55. The van der Waals surface area contributed by atoms with Gasteiger partial charge in [0.1, 0.15) is 0 Å². The molecule has 0 radical (unpaired) electrons. The quantitative estimate of drug-likeness (QED) is 0.912. The van der Waals surface area contributed by atoms with Gasteiger partial charge in [0.15, 0.2) is 0 Å². The van der Waals surface area contributed by atoms with Gasteiger partial charge in [0.25, 0.3) is 0 Å². The molecule has 5 heteroatoms. The molecule has 4 nitrogen and oxygen atoms in total. The van der Waals surface area contributed by atoms with Gasteiger partial charge in [-0.3, -0.25) is 9.78 Å². The van der Waals surface area contributed by atoms with Gasteiger partial charge in [-0.25, -0.2) is 0 Å². The molecule has 1 heterocycles. The van der Waals surface area contributed by atoms with E-state index < -0.39 is 12.0 Å². The van der Waals surface area contributed by atoms with Crippen molar-refractivity contribution in [2.45, 2.75) is 12.5 Å². The number of aromatic nitrogens is 1. The molecular formula is C12H11BrN2O2. The fraction of sp³-hybridized carbons (Fsp3) is 0.167. The lowest BCUT2D eigenvalue weighted by atomic mass is 10.0. The third kappa shape index (κ3) is 2.45. The van der Waals surface area contributed by atoms with E-state index in [1.54, 1.807) is 6.20 Å². The lowest BCUT2D eigenvalue weighted by Crippen LogP contribution is -2.15. The van der Waals surface area contributed by atoms with Gasteiger partial charge < -0.3 is 10.8 Å². The van der Waals surface area contributed by atoms with Crippen LogP contribution in [0.1, 0.15) is 18.0 Å². The number of benzene rings is 1. The van der Waals surface area contributed by atoms with Crippen molar-refractivity contribution in [3.05, 3.63) is 40.5 Å². The van der Waals surface area contributed by atoms with Crippen LogP contribution in [0.5, 0.6) is 0 Å². The molecule has 17 heavy (non-hydrogen) atoms. The minimum absolute atomic E-state index is 0.104. The lowest BCUT2D eigenvalue weighted by Gasteiger charge is -2.12. The van der Waals surface area contributed by atoms with Gasteiger partial charge in [-0.05, 0) is 17.7 Å². The molecule has 0 aliphatic carbocycles. The Morgan fingerprint density at radius 2 is 2.24 bits per heavy atom. The maximum absolute atomic E-state index is 10.7. The normalized spacial score (nSPS) is 12.6. The number of fused-ring (bicyclic) bond motifs is 1. The highest BCUT2D eigenvalue weighted by molar-refractivity contribution is 9.10. The largest absolute Gasteiger partial charge is 0.481 e. The predicted octanol–water partition coefficient (Wildman–Crippen LogP) is 2.47. The molecular weight excluding hydrogens is 284 g/mol. The maximum Gasteiger partial charge on any atom is 0.305 e. The summed E-state index contributed by atoms with van der Waals surface area (Å²) in [6.07, 6.45) is 1.57. The van der Waals surface area contributed by atoms with Crippen molar-refractivity contribution >= 4 is 32.8 Å². The van der Waals surface area contributed by atoms with E-state index in [-0.39, 0.29) is 6.42 Å². The van der Waals surface area contributed by atoms with E-state index in [0.29, 0.717) is 0 Å². The molecule has 0 saturated heterocycles. The summed E-state index contributed by atoms with van der Waals surface area (Å²) in [5.74, 6) is -0.913. The first kappa shape index (κ1) is 12.0. The molecule has 0 amide bonds. The molecule has 1 aromatic heterocycles. The second-order valence-electron chi connectivity index (χ2n) is 3.74. The summed E-state index contributed by atoms with van der Waals surface area (Å²) in [6, 6.07) is 6.88. The number of rotatable bonds is 3. The molecule has 0 aliphatic heterocycles. The SMILES string of the molecule is NC(CC(=O)O)c1ccc(Br)c2cccnc12. The van der Waals surface area contributed by atoms with Gasteiger partial charge in [-0.2, -0.15) is 0 Å². The molecule has 1 atom stereocenters. The molecule has 0 fully saturated rings. The minimum atomic E-state index is -0.913. The van der Waals surface area contributed by atoms with E-state index in [0.717, 1.165) is 20.9 Å². The van der Waals surface area contributed by atoms with E-state index in [1.165, 1.54) is 0 Å². The summed E-state index contributed by atoms with van der Waals surface area (Å²) in [5.41, 5.74) is 7.38. The van der Waals surface area contributed by atoms with Crippen LogP contribution in [0.15, 0.2) is 34.9 Å². The van der Waals surface area contributed by atoms with Gasteiger partial charge >= 0.3 is 5.97 Å². The van der Waals surface area contributed by atoms with Crippen LogP contribution < -0.4 is 5.73 Å². The number of carboxylic acid groups (broad SMARTS) is 1. The van der Waals surface area contributed by atoms with Crippen LogP contribution in [0.3, 0.4) is 0 Å². The second-order valence-corrected chi connectivity index (χ2v) is 4.59.